The zero-order valence-corrected chi connectivity index (χ0v) is 16.1. The minimum Gasteiger partial charge on any atom is -0.494 e. The number of benzene rings is 1. The SMILES string of the molecule is CCOc1ccc(-c2nc(C)c(C(=O)Nc3cnc4n3CCNC4)s2)cc1. The summed E-state index contributed by atoms with van der Waals surface area (Å²) >= 11 is 1.39. The van der Waals surface area contributed by atoms with E-state index < -0.39 is 0 Å². The summed E-state index contributed by atoms with van der Waals surface area (Å²) < 4.78 is 7.51. The lowest BCUT2D eigenvalue weighted by Crippen LogP contribution is -2.29. The number of ether oxygens (including phenoxy) is 1. The number of carbonyl (C=O) groups is 1. The van der Waals surface area contributed by atoms with Gasteiger partial charge < -0.3 is 19.9 Å². The molecule has 0 atom stereocenters. The number of aromatic nitrogens is 3. The van der Waals surface area contributed by atoms with Crippen LogP contribution in [0.1, 0.15) is 28.1 Å². The van der Waals surface area contributed by atoms with Crippen LogP contribution in [0.5, 0.6) is 5.75 Å². The number of carbonyl (C=O) groups excluding carboxylic acids is 1. The molecule has 1 aliphatic rings. The molecule has 0 saturated heterocycles. The number of hydrogen-bond donors (Lipinski definition) is 2. The van der Waals surface area contributed by atoms with Gasteiger partial charge in [-0.15, -0.1) is 11.3 Å². The molecule has 0 fully saturated rings. The summed E-state index contributed by atoms with van der Waals surface area (Å²) in [6.45, 7) is 6.83. The van der Waals surface area contributed by atoms with Crippen molar-refractivity contribution in [2.75, 3.05) is 18.5 Å². The third-order valence-corrected chi connectivity index (χ3v) is 5.60. The van der Waals surface area contributed by atoms with E-state index >= 15 is 0 Å². The lowest BCUT2D eigenvalue weighted by atomic mass is 10.2. The first-order chi connectivity index (χ1) is 13.2. The van der Waals surface area contributed by atoms with Crippen molar-refractivity contribution in [3.05, 3.63) is 46.9 Å². The highest BCUT2D eigenvalue weighted by molar-refractivity contribution is 7.17. The van der Waals surface area contributed by atoms with Crippen molar-refractivity contribution in [3.8, 4) is 16.3 Å². The van der Waals surface area contributed by atoms with Crippen LogP contribution in [-0.2, 0) is 13.1 Å². The number of hydrogen-bond acceptors (Lipinski definition) is 6. The van der Waals surface area contributed by atoms with Crippen LogP contribution >= 0.6 is 11.3 Å². The van der Waals surface area contributed by atoms with Crippen molar-refractivity contribution in [2.24, 2.45) is 0 Å². The molecular weight excluding hydrogens is 362 g/mol. The summed E-state index contributed by atoms with van der Waals surface area (Å²) in [5, 5.41) is 7.07. The number of nitrogens with zero attached hydrogens (tertiary/aromatic N) is 3. The monoisotopic (exact) mass is 383 g/mol. The number of nitrogens with one attached hydrogen (secondary N) is 2. The smallest absolute Gasteiger partial charge is 0.268 e. The van der Waals surface area contributed by atoms with Gasteiger partial charge in [0.15, 0.2) is 0 Å². The number of anilines is 1. The quantitative estimate of drug-likeness (QED) is 0.708. The first-order valence-electron chi connectivity index (χ1n) is 8.93. The van der Waals surface area contributed by atoms with Crippen molar-refractivity contribution < 1.29 is 9.53 Å². The normalized spacial score (nSPS) is 13.3. The predicted molar refractivity (Wildman–Crippen MR) is 105 cm³/mol. The molecule has 1 amide bonds. The Bertz CT molecular complexity index is 961. The second-order valence-corrected chi connectivity index (χ2v) is 7.23. The number of imidazole rings is 1. The lowest BCUT2D eigenvalue weighted by molar-refractivity contribution is 0.102. The average molecular weight is 383 g/mol. The first-order valence-corrected chi connectivity index (χ1v) is 9.74. The Morgan fingerprint density at radius 3 is 2.96 bits per heavy atom. The highest BCUT2D eigenvalue weighted by Gasteiger charge is 2.20. The minimum atomic E-state index is -0.150. The van der Waals surface area contributed by atoms with Gasteiger partial charge in [-0.1, -0.05) is 0 Å². The van der Waals surface area contributed by atoms with E-state index in [1.54, 1.807) is 6.20 Å². The van der Waals surface area contributed by atoms with Gasteiger partial charge in [-0.25, -0.2) is 9.97 Å². The van der Waals surface area contributed by atoms with Gasteiger partial charge in [0.2, 0.25) is 0 Å². The lowest BCUT2D eigenvalue weighted by Gasteiger charge is -2.17. The van der Waals surface area contributed by atoms with E-state index in [1.165, 1.54) is 11.3 Å². The van der Waals surface area contributed by atoms with Crippen LogP contribution < -0.4 is 15.4 Å². The number of amides is 1. The maximum absolute atomic E-state index is 12.8. The molecule has 140 valence electrons. The van der Waals surface area contributed by atoms with Crippen LogP contribution in [0.15, 0.2) is 30.5 Å². The van der Waals surface area contributed by atoms with Gasteiger partial charge in [0.05, 0.1) is 25.0 Å². The minimum absolute atomic E-state index is 0.150. The summed E-state index contributed by atoms with van der Waals surface area (Å²) in [6, 6.07) is 7.76. The number of fused-ring (bicyclic) bond motifs is 1. The van der Waals surface area contributed by atoms with E-state index in [0.717, 1.165) is 53.3 Å². The van der Waals surface area contributed by atoms with Crippen LogP contribution in [0.25, 0.3) is 10.6 Å². The second-order valence-electron chi connectivity index (χ2n) is 6.23. The van der Waals surface area contributed by atoms with Crippen molar-refractivity contribution in [3.63, 3.8) is 0 Å². The van der Waals surface area contributed by atoms with Gasteiger partial charge in [-0.05, 0) is 38.1 Å². The van der Waals surface area contributed by atoms with Crippen LogP contribution in [0, 0.1) is 6.92 Å². The molecule has 0 radical (unpaired) electrons. The molecule has 0 spiro atoms. The van der Waals surface area contributed by atoms with E-state index in [2.05, 4.69) is 20.6 Å². The van der Waals surface area contributed by atoms with Gasteiger partial charge in [0.25, 0.3) is 5.91 Å². The van der Waals surface area contributed by atoms with Gasteiger partial charge in [0.1, 0.15) is 27.3 Å². The van der Waals surface area contributed by atoms with Crippen molar-refractivity contribution in [1.82, 2.24) is 19.9 Å². The Kier molecular flexibility index (Phi) is 4.91. The molecular formula is C19H21N5O2S. The predicted octanol–water partition coefficient (Wildman–Crippen LogP) is 3.07. The Balaban J connectivity index is 1.54. The maximum atomic E-state index is 12.8. The molecule has 4 rings (SSSR count). The standard InChI is InChI=1S/C19H21N5O2S/c1-3-26-14-6-4-13(5-7-14)19-22-12(2)17(27-19)18(25)23-16-11-21-15-10-20-8-9-24(15)16/h4-7,11,20H,3,8-10H2,1-2H3,(H,23,25). The van der Waals surface area contributed by atoms with E-state index in [4.69, 9.17) is 4.74 Å². The summed E-state index contributed by atoms with van der Waals surface area (Å²) in [7, 11) is 0. The Morgan fingerprint density at radius 2 is 2.19 bits per heavy atom. The van der Waals surface area contributed by atoms with Crippen LogP contribution in [-0.4, -0.2) is 33.6 Å². The van der Waals surface area contributed by atoms with Crippen LogP contribution in [0.2, 0.25) is 0 Å². The fourth-order valence-corrected chi connectivity index (χ4v) is 4.03. The van der Waals surface area contributed by atoms with E-state index in [-0.39, 0.29) is 5.91 Å². The molecule has 0 bridgehead atoms. The zero-order valence-electron chi connectivity index (χ0n) is 15.3. The fraction of sp³-hybridized carbons (Fsp3) is 0.316. The van der Waals surface area contributed by atoms with Gasteiger partial charge in [0, 0.05) is 18.7 Å². The molecule has 2 aromatic heterocycles. The Labute approximate surface area is 161 Å². The van der Waals surface area contributed by atoms with E-state index in [0.29, 0.717) is 11.5 Å². The molecule has 0 aliphatic carbocycles. The van der Waals surface area contributed by atoms with Crippen molar-refractivity contribution >= 4 is 23.1 Å². The van der Waals surface area contributed by atoms with Crippen LogP contribution in [0.3, 0.4) is 0 Å². The second kappa shape index (κ2) is 7.50. The Hall–Kier alpha value is -2.71. The summed E-state index contributed by atoms with van der Waals surface area (Å²) in [5.74, 6) is 2.34. The zero-order chi connectivity index (χ0) is 18.8. The summed E-state index contributed by atoms with van der Waals surface area (Å²) in [4.78, 5) is 22.3. The highest BCUT2D eigenvalue weighted by atomic mass is 32.1. The molecule has 3 heterocycles. The van der Waals surface area contributed by atoms with Gasteiger partial charge >= 0.3 is 0 Å². The van der Waals surface area contributed by atoms with Gasteiger partial charge in [-0.2, -0.15) is 0 Å². The molecule has 3 aromatic rings. The Morgan fingerprint density at radius 1 is 1.37 bits per heavy atom. The van der Waals surface area contributed by atoms with Crippen molar-refractivity contribution in [2.45, 2.75) is 26.9 Å². The van der Waals surface area contributed by atoms with Crippen molar-refractivity contribution in [1.29, 1.82) is 0 Å². The average Bonchev–Trinajstić information content (AvgIpc) is 3.27. The molecule has 1 aliphatic heterocycles. The number of thiazole rings is 1. The molecule has 0 unspecified atom stereocenters. The molecule has 8 heteroatoms. The fourth-order valence-electron chi connectivity index (χ4n) is 3.06. The molecule has 1 aromatic carbocycles. The topological polar surface area (TPSA) is 81.1 Å². The summed E-state index contributed by atoms with van der Waals surface area (Å²) in [6.07, 6.45) is 1.71. The van der Waals surface area contributed by atoms with Gasteiger partial charge in [-0.3, -0.25) is 4.79 Å². The third kappa shape index (κ3) is 3.58. The summed E-state index contributed by atoms with van der Waals surface area (Å²) in [5.41, 5.74) is 1.69. The molecule has 2 N–H and O–H groups in total. The van der Waals surface area contributed by atoms with Crippen LogP contribution in [0.4, 0.5) is 5.82 Å². The third-order valence-electron chi connectivity index (χ3n) is 4.39. The molecule has 27 heavy (non-hydrogen) atoms. The molecule has 7 nitrogen and oxygen atoms in total. The maximum Gasteiger partial charge on any atom is 0.268 e. The largest absolute Gasteiger partial charge is 0.494 e. The van der Waals surface area contributed by atoms with E-state index in [1.807, 2.05) is 42.7 Å². The number of rotatable bonds is 5. The highest BCUT2D eigenvalue weighted by Crippen LogP contribution is 2.30. The number of aryl methyl sites for hydroxylation is 1. The first kappa shape index (κ1) is 17.7. The van der Waals surface area contributed by atoms with E-state index in [9.17, 15) is 4.79 Å². The molecule has 0 saturated carbocycles.